The first-order chi connectivity index (χ1) is 8.97. The molecule has 0 bridgehead atoms. The van der Waals surface area contributed by atoms with Gasteiger partial charge < -0.3 is 14.2 Å². The third-order valence-corrected chi connectivity index (χ3v) is 3.52. The zero-order chi connectivity index (χ0) is 14.2. The molecule has 102 valence electrons. The highest BCUT2D eigenvalue weighted by Gasteiger charge is 2.67. The van der Waals surface area contributed by atoms with E-state index >= 15 is 0 Å². The average Bonchev–Trinajstić information content (AvgIpc) is 3.16. The van der Waals surface area contributed by atoms with Crippen LogP contribution in [0.2, 0.25) is 10.0 Å². The van der Waals surface area contributed by atoms with E-state index in [1.165, 1.54) is 14.2 Å². The van der Waals surface area contributed by atoms with Crippen LogP contribution in [-0.4, -0.2) is 31.6 Å². The third kappa shape index (κ3) is 2.18. The molecule has 1 heterocycles. The van der Waals surface area contributed by atoms with E-state index in [0.717, 1.165) is 0 Å². The highest BCUT2D eigenvalue weighted by Crippen LogP contribution is 2.53. The largest absolute Gasteiger partial charge is 0.482 e. The molecule has 0 aromatic heterocycles. The van der Waals surface area contributed by atoms with Gasteiger partial charge in [0.15, 0.2) is 0 Å². The second-order valence-corrected chi connectivity index (χ2v) is 4.81. The van der Waals surface area contributed by atoms with E-state index in [2.05, 4.69) is 0 Å². The van der Waals surface area contributed by atoms with Crippen molar-refractivity contribution in [2.24, 2.45) is 0 Å². The lowest BCUT2D eigenvalue weighted by Gasteiger charge is -2.13. The number of halogens is 2. The van der Waals surface area contributed by atoms with Gasteiger partial charge in [-0.05, 0) is 18.2 Å². The molecule has 1 aromatic carbocycles. The summed E-state index contributed by atoms with van der Waals surface area (Å²) in [6.45, 7) is 0. The van der Waals surface area contributed by atoms with Crippen molar-refractivity contribution in [2.75, 3.05) is 14.2 Å². The number of hydrogen-bond donors (Lipinski definition) is 2. The molecule has 0 radical (unpaired) electrons. The summed E-state index contributed by atoms with van der Waals surface area (Å²) in [6, 6.07) is 4.93. The van der Waals surface area contributed by atoms with E-state index in [9.17, 15) is 0 Å². The standard InChI is InChI=1S/C12H12Cl2N2O3/c1-17-10(15)12(11(16)18-2)9(19-12)7-5-6(13)3-4-8(7)14/h3-5,9,15-16H,1-2H3/t9-,12?/m1/s1. The number of methoxy groups -OCH3 is 2. The van der Waals surface area contributed by atoms with E-state index in [1.807, 2.05) is 0 Å². The lowest BCUT2D eigenvalue weighted by molar-refractivity contribution is 0.288. The van der Waals surface area contributed by atoms with Crippen LogP contribution in [0, 0.1) is 10.8 Å². The van der Waals surface area contributed by atoms with Gasteiger partial charge in [-0.1, -0.05) is 23.2 Å². The molecule has 2 N–H and O–H groups in total. The van der Waals surface area contributed by atoms with Crippen molar-refractivity contribution in [2.45, 2.75) is 11.7 Å². The fourth-order valence-electron chi connectivity index (χ4n) is 1.90. The molecule has 0 aliphatic carbocycles. The van der Waals surface area contributed by atoms with Crippen LogP contribution >= 0.6 is 23.2 Å². The monoisotopic (exact) mass is 302 g/mol. The molecule has 5 nitrogen and oxygen atoms in total. The van der Waals surface area contributed by atoms with Crippen LogP contribution in [-0.2, 0) is 14.2 Å². The average molecular weight is 303 g/mol. The van der Waals surface area contributed by atoms with Gasteiger partial charge in [0, 0.05) is 15.6 Å². The number of epoxide rings is 1. The van der Waals surface area contributed by atoms with Crippen molar-refractivity contribution in [3.8, 4) is 0 Å². The van der Waals surface area contributed by atoms with Gasteiger partial charge in [0.2, 0.25) is 17.4 Å². The molecule has 0 unspecified atom stereocenters. The minimum atomic E-state index is -1.35. The Morgan fingerprint density at radius 2 is 1.79 bits per heavy atom. The van der Waals surface area contributed by atoms with Crippen molar-refractivity contribution >= 4 is 35.0 Å². The summed E-state index contributed by atoms with van der Waals surface area (Å²) in [5.41, 5.74) is -0.754. The minimum Gasteiger partial charge on any atom is -0.482 e. The van der Waals surface area contributed by atoms with Crippen LogP contribution in [0.15, 0.2) is 18.2 Å². The maximum Gasteiger partial charge on any atom is 0.249 e. The summed E-state index contributed by atoms with van der Waals surface area (Å²) in [5, 5.41) is 16.5. The van der Waals surface area contributed by atoms with Crippen LogP contribution in [0.3, 0.4) is 0 Å². The summed E-state index contributed by atoms with van der Waals surface area (Å²) in [5.74, 6) is -0.416. The second kappa shape index (κ2) is 5.00. The zero-order valence-electron chi connectivity index (χ0n) is 10.3. The molecule has 0 spiro atoms. The first kappa shape index (κ1) is 14.1. The fourth-order valence-corrected chi connectivity index (χ4v) is 2.30. The Morgan fingerprint density at radius 1 is 1.21 bits per heavy atom. The van der Waals surface area contributed by atoms with Crippen LogP contribution < -0.4 is 0 Å². The summed E-state index contributed by atoms with van der Waals surface area (Å²) in [7, 11) is 2.68. The van der Waals surface area contributed by atoms with Gasteiger partial charge in [0.05, 0.1) is 14.2 Å². The van der Waals surface area contributed by atoms with Crippen molar-refractivity contribution in [3.63, 3.8) is 0 Å². The number of benzene rings is 1. The Balaban J connectivity index is 2.40. The maximum atomic E-state index is 7.80. The van der Waals surface area contributed by atoms with Gasteiger partial charge in [-0.15, -0.1) is 0 Å². The van der Waals surface area contributed by atoms with Gasteiger partial charge in [-0.3, -0.25) is 10.8 Å². The van der Waals surface area contributed by atoms with Crippen molar-refractivity contribution in [1.82, 2.24) is 0 Å². The normalized spacial score (nSPS) is 24.7. The zero-order valence-corrected chi connectivity index (χ0v) is 11.8. The van der Waals surface area contributed by atoms with Gasteiger partial charge in [-0.25, -0.2) is 0 Å². The first-order valence-electron chi connectivity index (χ1n) is 5.36. The van der Waals surface area contributed by atoms with E-state index in [4.69, 9.17) is 48.2 Å². The summed E-state index contributed by atoms with van der Waals surface area (Å²) in [6.07, 6.45) is -0.612. The van der Waals surface area contributed by atoms with E-state index in [0.29, 0.717) is 15.6 Å². The lowest BCUT2D eigenvalue weighted by atomic mass is 9.98. The Kier molecular flexibility index (Phi) is 3.71. The van der Waals surface area contributed by atoms with Gasteiger partial charge in [0.1, 0.15) is 6.10 Å². The Bertz CT molecular complexity index is 532. The predicted octanol–water partition coefficient (Wildman–Crippen LogP) is 3.05. The topological polar surface area (TPSA) is 78.7 Å². The van der Waals surface area contributed by atoms with Gasteiger partial charge in [-0.2, -0.15) is 0 Å². The van der Waals surface area contributed by atoms with E-state index in [-0.39, 0.29) is 11.8 Å². The van der Waals surface area contributed by atoms with Crippen molar-refractivity contribution in [1.29, 1.82) is 10.8 Å². The summed E-state index contributed by atoms with van der Waals surface area (Å²) >= 11 is 12.0. The molecule has 1 fully saturated rings. The quantitative estimate of drug-likeness (QED) is 0.512. The Hall–Kier alpha value is -1.30. The molecule has 19 heavy (non-hydrogen) atoms. The molecular weight excluding hydrogens is 291 g/mol. The SMILES string of the molecule is COC(=N)C1(C(=N)OC)O[C@@H]1c1cc(Cl)ccc1Cl. The molecule has 1 aliphatic rings. The molecular formula is C12H12Cl2N2O3. The first-order valence-corrected chi connectivity index (χ1v) is 6.11. The lowest BCUT2D eigenvalue weighted by Crippen LogP contribution is -2.36. The molecule has 0 amide bonds. The number of hydrogen-bond acceptors (Lipinski definition) is 5. The van der Waals surface area contributed by atoms with Crippen molar-refractivity contribution in [3.05, 3.63) is 33.8 Å². The number of rotatable bonds is 3. The fraction of sp³-hybridized carbons (Fsp3) is 0.333. The minimum absolute atomic E-state index is 0.208. The van der Waals surface area contributed by atoms with Gasteiger partial charge in [0.25, 0.3) is 0 Å². The van der Waals surface area contributed by atoms with Gasteiger partial charge >= 0.3 is 0 Å². The van der Waals surface area contributed by atoms with E-state index in [1.54, 1.807) is 18.2 Å². The smallest absolute Gasteiger partial charge is 0.249 e. The molecule has 2 rings (SSSR count). The van der Waals surface area contributed by atoms with Crippen LogP contribution in [0.4, 0.5) is 0 Å². The molecule has 1 aliphatic heterocycles. The van der Waals surface area contributed by atoms with Crippen LogP contribution in [0.25, 0.3) is 0 Å². The van der Waals surface area contributed by atoms with Crippen molar-refractivity contribution < 1.29 is 14.2 Å². The number of ether oxygens (including phenoxy) is 3. The van der Waals surface area contributed by atoms with E-state index < -0.39 is 11.7 Å². The second-order valence-electron chi connectivity index (χ2n) is 3.97. The van der Waals surface area contributed by atoms with Crippen LogP contribution in [0.1, 0.15) is 11.7 Å². The molecule has 7 heteroatoms. The molecule has 0 saturated carbocycles. The van der Waals surface area contributed by atoms with Crippen LogP contribution in [0.5, 0.6) is 0 Å². The third-order valence-electron chi connectivity index (χ3n) is 2.94. The Morgan fingerprint density at radius 3 is 2.32 bits per heavy atom. The molecule has 1 atom stereocenters. The Labute approximate surface area is 120 Å². The molecule has 1 aromatic rings. The highest BCUT2D eigenvalue weighted by atomic mass is 35.5. The highest BCUT2D eigenvalue weighted by molar-refractivity contribution is 6.33. The summed E-state index contributed by atoms with van der Waals surface area (Å²) in [4.78, 5) is 0. The summed E-state index contributed by atoms with van der Waals surface area (Å²) < 4.78 is 15.3. The molecule has 1 saturated heterocycles. The maximum absolute atomic E-state index is 7.80. The number of nitrogens with one attached hydrogen (secondary N) is 2. The predicted molar refractivity (Wildman–Crippen MR) is 72.5 cm³/mol.